The number of nitrogens with zero attached hydrogens (tertiary/aromatic N) is 4. The van der Waals surface area contributed by atoms with Crippen molar-refractivity contribution in [1.29, 1.82) is 0 Å². The Morgan fingerprint density at radius 3 is 2.84 bits per heavy atom. The van der Waals surface area contributed by atoms with E-state index in [9.17, 15) is 0 Å². The third kappa shape index (κ3) is 3.15. The van der Waals surface area contributed by atoms with Crippen LogP contribution in [0.1, 0.15) is 25.8 Å². The highest BCUT2D eigenvalue weighted by molar-refractivity contribution is 5.49. The first-order chi connectivity index (χ1) is 9.15. The van der Waals surface area contributed by atoms with Crippen LogP contribution in [0.25, 0.3) is 0 Å². The van der Waals surface area contributed by atoms with Crippen LogP contribution in [0, 0.1) is 6.92 Å². The first-order valence-electron chi connectivity index (χ1n) is 7.18. The van der Waals surface area contributed by atoms with Crippen LogP contribution < -0.4 is 10.2 Å². The van der Waals surface area contributed by atoms with E-state index >= 15 is 0 Å². The van der Waals surface area contributed by atoms with Gasteiger partial charge in [0.25, 0.3) is 0 Å². The fraction of sp³-hybridized carbons (Fsp3) is 0.714. The molecule has 1 aliphatic rings. The Morgan fingerprint density at radius 1 is 1.37 bits per heavy atom. The lowest BCUT2D eigenvalue weighted by Crippen LogP contribution is -2.51. The number of anilines is 2. The standard InChI is InChI=1S/C14H25N5/c1-5-12-10-19(8-7-18(12)4)13-11(3)9-16-14(17-13)15-6-2/h9,12H,5-8,10H2,1-4H3,(H,15,16,17). The van der Waals surface area contributed by atoms with Crippen molar-refractivity contribution >= 4 is 11.8 Å². The lowest BCUT2D eigenvalue weighted by molar-refractivity contribution is 0.213. The molecule has 1 N–H and O–H groups in total. The van der Waals surface area contributed by atoms with Crippen LogP contribution in [0.3, 0.4) is 0 Å². The number of piperazine rings is 1. The van der Waals surface area contributed by atoms with Crippen LogP contribution in [0.2, 0.25) is 0 Å². The molecule has 0 radical (unpaired) electrons. The van der Waals surface area contributed by atoms with Gasteiger partial charge in [0.15, 0.2) is 0 Å². The van der Waals surface area contributed by atoms with Crippen molar-refractivity contribution < 1.29 is 0 Å². The number of aryl methyl sites for hydroxylation is 1. The highest BCUT2D eigenvalue weighted by Gasteiger charge is 2.24. The largest absolute Gasteiger partial charge is 0.354 e. The summed E-state index contributed by atoms with van der Waals surface area (Å²) in [6.45, 7) is 10.4. The molecule has 1 aliphatic heterocycles. The highest BCUT2D eigenvalue weighted by Crippen LogP contribution is 2.22. The van der Waals surface area contributed by atoms with Crippen molar-refractivity contribution in [3.05, 3.63) is 11.8 Å². The Kier molecular flexibility index (Phi) is 4.58. The van der Waals surface area contributed by atoms with E-state index in [1.165, 1.54) is 6.42 Å². The van der Waals surface area contributed by atoms with Crippen molar-refractivity contribution in [3.8, 4) is 0 Å². The SMILES string of the molecule is CCNc1ncc(C)c(N2CCN(C)C(CC)C2)n1. The van der Waals surface area contributed by atoms with Crippen molar-refractivity contribution in [2.75, 3.05) is 43.4 Å². The molecule has 5 nitrogen and oxygen atoms in total. The van der Waals surface area contributed by atoms with Gasteiger partial charge in [0.05, 0.1) is 0 Å². The molecule has 1 aromatic heterocycles. The van der Waals surface area contributed by atoms with Gasteiger partial charge in [-0.15, -0.1) is 0 Å². The van der Waals surface area contributed by atoms with Gasteiger partial charge in [-0.2, -0.15) is 4.98 Å². The Labute approximate surface area is 116 Å². The molecule has 0 aromatic carbocycles. The minimum atomic E-state index is 0.616. The van der Waals surface area contributed by atoms with Crippen LogP contribution in [-0.4, -0.2) is 54.1 Å². The summed E-state index contributed by atoms with van der Waals surface area (Å²) in [7, 11) is 2.21. The normalized spacial score (nSPS) is 20.6. The van der Waals surface area contributed by atoms with Gasteiger partial charge in [-0.1, -0.05) is 6.92 Å². The minimum absolute atomic E-state index is 0.616. The van der Waals surface area contributed by atoms with E-state index in [0.29, 0.717) is 6.04 Å². The summed E-state index contributed by atoms with van der Waals surface area (Å²) < 4.78 is 0. The van der Waals surface area contributed by atoms with Gasteiger partial charge in [0, 0.05) is 44.0 Å². The maximum Gasteiger partial charge on any atom is 0.224 e. The smallest absolute Gasteiger partial charge is 0.224 e. The number of nitrogens with one attached hydrogen (secondary N) is 1. The summed E-state index contributed by atoms with van der Waals surface area (Å²) in [5, 5.41) is 3.19. The van der Waals surface area contributed by atoms with Gasteiger partial charge < -0.3 is 10.2 Å². The second kappa shape index (κ2) is 6.19. The molecule has 19 heavy (non-hydrogen) atoms. The maximum absolute atomic E-state index is 4.66. The number of likely N-dealkylation sites (N-methyl/N-ethyl adjacent to an activating group) is 1. The molecule has 0 amide bonds. The summed E-state index contributed by atoms with van der Waals surface area (Å²) in [6.07, 6.45) is 3.09. The van der Waals surface area contributed by atoms with E-state index in [-0.39, 0.29) is 0 Å². The quantitative estimate of drug-likeness (QED) is 0.896. The summed E-state index contributed by atoms with van der Waals surface area (Å²) in [4.78, 5) is 13.8. The van der Waals surface area contributed by atoms with E-state index in [0.717, 1.165) is 43.5 Å². The molecule has 1 fully saturated rings. The fourth-order valence-electron chi connectivity index (χ4n) is 2.58. The second-order valence-electron chi connectivity index (χ2n) is 5.22. The van der Waals surface area contributed by atoms with E-state index < -0.39 is 0 Å². The maximum atomic E-state index is 4.66. The minimum Gasteiger partial charge on any atom is -0.354 e. The van der Waals surface area contributed by atoms with Crippen LogP contribution in [0.15, 0.2) is 6.20 Å². The summed E-state index contributed by atoms with van der Waals surface area (Å²) in [6, 6.07) is 0.616. The van der Waals surface area contributed by atoms with Crippen LogP contribution in [0.4, 0.5) is 11.8 Å². The molecule has 0 aliphatic carbocycles. The molecule has 0 saturated carbocycles. The van der Waals surface area contributed by atoms with Crippen LogP contribution in [0.5, 0.6) is 0 Å². The molecular weight excluding hydrogens is 238 g/mol. The Balaban J connectivity index is 2.18. The van der Waals surface area contributed by atoms with Crippen LogP contribution >= 0.6 is 0 Å². The molecule has 0 spiro atoms. The van der Waals surface area contributed by atoms with Gasteiger partial charge in [0.2, 0.25) is 5.95 Å². The van der Waals surface area contributed by atoms with Crippen molar-refractivity contribution in [2.45, 2.75) is 33.2 Å². The summed E-state index contributed by atoms with van der Waals surface area (Å²) in [5.74, 6) is 1.81. The number of rotatable bonds is 4. The predicted octanol–water partition coefficient (Wildman–Crippen LogP) is 1.75. The predicted molar refractivity (Wildman–Crippen MR) is 79.9 cm³/mol. The van der Waals surface area contributed by atoms with Gasteiger partial charge in [-0.05, 0) is 27.3 Å². The average Bonchev–Trinajstić information content (AvgIpc) is 2.42. The third-order valence-corrected chi connectivity index (χ3v) is 3.83. The molecule has 1 unspecified atom stereocenters. The Bertz CT molecular complexity index is 420. The third-order valence-electron chi connectivity index (χ3n) is 3.83. The monoisotopic (exact) mass is 263 g/mol. The molecule has 1 atom stereocenters. The second-order valence-corrected chi connectivity index (χ2v) is 5.22. The van der Waals surface area contributed by atoms with Gasteiger partial charge >= 0.3 is 0 Å². The first kappa shape index (κ1) is 14.1. The van der Waals surface area contributed by atoms with Gasteiger partial charge in [-0.3, -0.25) is 4.90 Å². The zero-order valence-electron chi connectivity index (χ0n) is 12.5. The lowest BCUT2D eigenvalue weighted by atomic mass is 10.1. The highest BCUT2D eigenvalue weighted by atomic mass is 15.3. The molecular formula is C14H25N5. The molecule has 0 bridgehead atoms. The number of hydrogen-bond acceptors (Lipinski definition) is 5. The first-order valence-corrected chi connectivity index (χ1v) is 7.18. The number of hydrogen-bond donors (Lipinski definition) is 1. The summed E-state index contributed by atoms with van der Waals surface area (Å²) >= 11 is 0. The van der Waals surface area contributed by atoms with Crippen molar-refractivity contribution in [2.24, 2.45) is 0 Å². The van der Waals surface area contributed by atoms with Crippen molar-refractivity contribution in [1.82, 2.24) is 14.9 Å². The zero-order valence-corrected chi connectivity index (χ0v) is 12.5. The van der Waals surface area contributed by atoms with E-state index in [1.807, 2.05) is 6.20 Å². The molecule has 2 heterocycles. The Morgan fingerprint density at radius 2 is 2.16 bits per heavy atom. The topological polar surface area (TPSA) is 44.3 Å². The molecule has 1 aromatic rings. The average molecular weight is 263 g/mol. The van der Waals surface area contributed by atoms with E-state index in [1.54, 1.807) is 0 Å². The van der Waals surface area contributed by atoms with Gasteiger partial charge in [0.1, 0.15) is 5.82 Å². The number of aromatic nitrogens is 2. The van der Waals surface area contributed by atoms with Crippen LogP contribution in [-0.2, 0) is 0 Å². The summed E-state index contributed by atoms with van der Waals surface area (Å²) in [5.41, 5.74) is 1.15. The molecule has 2 rings (SSSR count). The van der Waals surface area contributed by atoms with E-state index in [2.05, 4.69) is 52.9 Å². The molecule has 106 valence electrons. The lowest BCUT2D eigenvalue weighted by Gasteiger charge is -2.40. The van der Waals surface area contributed by atoms with E-state index in [4.69, 9.17) is 0 Å². The molecule has 5 heteroatoms. The Hall–Kier alpha value is -1.36. The molecule has 1 saturated heterocycles. The van der Waals surface area contributed by atoms with Crippen molar-refractivity contribution in [3.63, 3.8) is 0 Å². The zero-order chi connectivity index (χ0) is 13.8. The fourth-order valence-corrected chi connectivity index (χ4v) is 2.58. The van der Waals surface area contributed by atoms with Gasteiger partial charge in [-0.25, -0.2) is 4.98 Å².